The Balaban J connectivity index is 1.71. The summed E-state index contributed by atoms with van der Waals surface area (Å²) in [6.45, 7) is 4.06. The van der Waals surface area contributed by atoms with E-state index >= 15 is 0 Å². The normalized spacial score (nSPS) is 11.9. The molecule has 0 atom stereocenters. The SMILES string of the molecule is CCOC(=O)c1c(NC(=O)c2ccc3c(c2)OCO3)sc(C)c1-c1ccccc1. The van der Waals surface area contributed by atoms with Gasteiger partial charge in [-0.05, 0) is 37.6 Å². The lowest BCUT2D eigenvalue weighted by Gasteiger charge is -2.09. The lowest BCUT2D eigenvalue weighted by molar-refractivity contribution is 0.0529. The van der Waals surface area contributed by atoms with E-state index in [4.69, 9.17) is 14.2 Å². The summed E-state index contributed by atoms with van der Waals surface area (Å²) in [5, 5.41) is 3.33. The van der Waals surface area contributed by atoms with Crippen molar-refractivity contribution in [3.05, 3.63) is 64.5 Å². The Morgan fingerprint density at radius 2 is 1.86 bits per heavy atom. The summed E-state index contributed by atoms with van der Waals surface area (Å²) in [6, 6.07) is 14.6. The Morgan fingerprint density at radius 3 is 2.62 bits per heavy atom. The molecule has 0 bridgehead atoms. The Morgan fingerprint density at radius 1 is 1.10 bits per heavy atom. The van der Waals surface area contributed by atoms with Gasteiger partial charge in [-0.25, -0.2) is 4.79 Å². The van der Waals surface area contributed by atoms with Crippen LogP contribution in [0.1, 0.15) is 32.5 Å². The van der Waals surface area contributed by atoms with E-state index in [0.717, 1.165) is 16.0 Å². The summed E-state index contributed by atoms with van der Waals surface area (Å²) in [5.74, 6) is 0.328. The third kappa shape index (κ3) is 3.69. The van der Waals surface area contributed by atoms with Crippen LogP contribution in [0.2, 0.25) is 0 Å². The van der Waals surface area contributed by atoms with Crippen LogP contribution in [0.3, 0.4) is 0 Å². The van der Waals surface area contributed by atoms with Crippen molar-refractivity contribution >= 4 is 28.2 Å². The average molecular weight is 409 g/mol. The molecule has 1 aliphatic rings. The van der Waals surface area contributed by atoms with E-state index in [2.05, 4.69) is 5.32 Å². The first-order valence-electron chi connectivity index (χ1n) is 9.15. The molecular weight excluding hydrogens is 390 g/mol. The lowest BCUT2D eigenvalue weighted by Crippen LogP contribution is -2.14. The fourth-order valence-corrected chi connectivity index (χ4v) is 4.26. The monoisotopic (exact) mass is 409 g/mol. The molecule has 29 heavy (non-hydrogen) atoms. The van der Waals surface area contributed by atoms with Crippen molar-refractivity contribution in [2.24, 2.45) is 0 Å². The smallest absolute Gasteiger partial charge is 0.341 e. The van der Waals surface area contributed by atoms with Crippen LogP contribution in [0.25, 0.3) is 11.1 Å². The minimum absolute atomic E-state index is 0.137. The van der Waals surface area contributed by atoms with Gasteiger partial charge < -0.3 is 19.5 Å². The second-order valence-electron chi connectivity index (χ2n) is 6.35. The highest BCUT2D eigenvalue weighted by Crippen LogP contribution is 2.41. The Hall–Kier alpha value is -3.32. The van der Waals surface area contributed by atoms with Crippen molar-refractivity contribution in [1.82, 2.24) is 0 Å². The molecule has 3 aromatic rings. The molecule has 2 aromatic carbocycles. The summed E-state index contributed by atoms with van der Waals surface area (Å²) in [7, 11) is 0. The average Bonchev–Trinajstić information content (AvgIpc) is 3.32. The molecule has 1 N–H and O–H groups in total. The Kier molecular flexibility index (Phi) is 5.22. The maximum Gasteiger partial charge on any atom is 0.341 e. The standard InChI is InChI=1S/C22H19NO5S/c1-3-26-22(25)19-18(14-7-5-4-6-8-14)13(2)29-21(19)23-20(24)15-9-10-16-17(11-15)28-12-27-16/h4-11H,3,12H2,1-2H3,(H,23,24). The quantitative estimate of drug-likeness (QED) is 0.608. The summed E-state index contributed by atoms with van der Waals surface area (Å²) in [4.78, 5) is 26.5. The molecule has 6 nitrogen and oxygen atoms in total. The molecule has 0 radical (unpaired) electrons. The van der Waals surface area contributed by atoms with Crippen molar-refractivity contribution in [2.45, 2.75) is 13.8 Å². The third-order valence-electron chi connectivity index (χ3n) is 4.49. The lowest BCUT2D eigenvalue weighted by atomic mass is 10.0. The van der Waals surface area contributed by atoms with Crippen molar-refractivity contribution in [1.29, 1.82) is 0 Å². The molecule has 7 heteroatoms. The van der Waals surface area contributed by atoms with Crippen LogP contribution in [0, 0.1) is 6.92 Å². The fraction of sp³-hybridized carbons (Fsp3) is 0.182. The molecule has 2 heterocycles. The summed E-state index contributed by atoms with van der Waals surface area (Å²) in [6.07, 6.45) is 0. The van der Waals surface area contributed by atoms with Gasteiger partial charge >= 0.3 is 5.97 Å². The number of nitrogens with one attached hydrogen (secondary N) is 1. The highest BCUT2D eigenvalue weighted by Gasteiger charge is 2.26. The summed E-state index contributed by atoms with van der Waals surface area (Å²) in [5.41, 5.74) is 2.45. The highest BCUT2D eigenvalue weighted by molar-refractivity contribution is 7.17. The van der Waals surface area contributed by atoms with Crippen LogP contribution in [0.4, 0.5) is 5.00 Å². The number of benzene rings is 2. The van der Waals surface area contributed by atoms with Crippen molar-refractivity contribution < 1.29 is 23.8 Å². The largest absolute Gasteiger partial charge is 0.462 e. The number of aryl methyl sites for hydroxylation is 1. The summed E-state index contributed by atoms with van der Waals surface area (Å²) >= 11 is 1.35. The number of amides is 1. The van der Waals surface area contributed by atoms with Gasteiger partial charge in [0.25, 0.3) is 5.91 Å². The molecule has 0 aliphatic carbocycles. The Labute approximate surface area is 172 Å². The van der Waals surface area contributed by atoms with Crippen LogP contribution in [0.5, 0.6) is 11.5 Å². The number of hydrogen-bond donors (Lipinski definition) is 1. The van der Waals surface area contributed by atoms with Gasteiger partial charge in [-0.2, -0.15) is 0 Å². The van der Waals surface area contributed by atoms with Crippen molar-refractivity contribution in [2.75, 3.05) is 18.7 Å². The van der Waals surface area contributed by atoms with Gasteiger partial charge in [0.15, 0.2) is 11.5 Å². The van der Waals surface area contributed by atoms with Crippen molar-refractivity contribution in [3.63, 3.8) is 0 Å². The first-order chi connectivity index (χ1) is 14.1. The number of esters is 1. The number of hydrogen-bond acceptors (Lipinski definition) is 6. The van der Waals surface area contributed by atoms with Gasteiger partial charge in [-0.1, -0.05) is 30.3 Å². The molecule has 148 valence electrons. The van der Waals surface area contributed by atoms with Crippen LogP contribution < -0.4 is 14.8 Å². The van der Waals surface area contributed by atoms with Gasteiger partial charge in [0.2, 0.25) is 6.79 Å². The fourth-order valence-electron chi connectivity index (χ4n) is 3.20. The molecule has 0 saturated carbocycles. The van der Waals surface area contributed by atoms with E-state index < -0.39 is 5.97 Å². The van der Waals surface area contributed by atoms with Gasteiger partial charge in [0.1, 0.15) is 10.6 Å². The molecule has 1 aromatic heterocycles. The first-order valence-corrected chi connectivity index (χ1v) is 9.97. The van der Waals surface area contributed by atoms with Gasteiger partial charge in [-0.15, -0.1) is 11.3 Å². The van der Waals surface area contributed by atoms with Gasteiger partial charge in [0.05, 0.1) is 6.61 Å². The Bertz CT molecular complexity index is 1070. The molecule has 0 fully saturated rings. The maximum atomic E-state index is 12.9. The van der Waals surface area contributed by atoms with E-state index in [9.17, 15) is 9.59 Å². The first kappa shape index (κ1) is 19.0. The molecular formula is C22H19NO5S. The minimum atomic E-state index is -0.461. The second-order valence-corrected chi connectivity index (χ2v) is 7.57. The number of rotatable bonds is 5. The minimum Gasteiger partial charge on any atom is -0.462 e. The molecule has 1 aliphatic heterocycles. The molecule has 0 spiro atoms. The van der Waals surface area contributed by atoms with Crippen molar-refractivity contribution in [3.8, 4) is 22.6 Å². The topological polar surface area (TPSA) is 73.9 Å². The number of fused-ring (bicyclic) bond motifs is 1. The second kappa shape index (κ2) is 7.97. The van der Waals surface area contributed by atoms with Crippen LogP contribution >= 0.6 is 11.3 Å². The molecule has 0 saturated heterocycles. The number of ether oxygens (including phenoxy) is 3. The van der Waals surface area contributed by atoms with E-state index in [0.29, 0.717) is 27.6 Å². The maximum absolute atomic E-state index is 12.9. The zero-order valence-electron chi connectivity index (χ0n) is 16.0. The third-order valence-corrected chi connectivity index (χ3v) is 5.51. The predicted molar refractivity (Wildman–Crippen MR) is 111 cm³/mol. The zero-order chi connectivity index (χ0) is 20.4. The van der Waals surface area contributed by atoms with E-state index in [1.165, 1.54) is 11.3 Å². The highest BCUT2D eigenvalue weighted by atomic mass is 32.1. The molecule has 4 rings (SSSR count). The van der Waals surface area contributed by atoms with E-state index in [1.807, 2.05) is 37.3 Å². The van der Waals surface area contributed by atoms with Gasteiger partial charge in [0, 0.05) is 16.0 Å². The predicted octanol–water partition coefficient (Wildman–Crippen LogP) is 4.88. The van der Waals surface area contributed by atoms with Gasteiger partial charge in [-0.3, -0.25) is 4.79 Å². The van der Waals surface area contributed by atoms with E-state index in [-0.39, 0.29) is 19.3 Å². The number of carbonyl (C=O) groups excluding carboxylic acids is 2. The number of carbonyl (C=O) groups is 2. The number of anilines is 1. The van der Waals surface area contributed by atoms with Crippen LogP contribution in [0.15, 0.2) is 48.5 Å². The van der Waals surface area contributed by atoms with Crippen LogP contribution in [-0.4, -0.2) is 25.3 Å². The zero-order valence-corrected chi connectivity index (χ0v) is 16.8. The molecule has 1 amide bonds. The number of thiophene rings is 1. The molecule has 0 unspecified atom stereocenters. The summed E-state index contributed by atoms with van der Waals surface area (Å²) < 4.78 is 15.9. The van der Waals surface area contributed by atoms with E-state index in [1.54, 1.807) is 25.1 Å². The van der Waals surface area contributed by atoms with Crippen LogP contribution in [-0.2, 0) is 4.74 Å².